The predicted octanol–water partition coefficient (Wildman–Crippen LogP) is 2.03. The lowest BCUT2D eigenvalue weighted by Crippen LogP contribution is -2.22. The summed E-state index contributed by atoms with van der Waals surface area (Å²) in [5.74, 6) is 1.84. The molecule has 0 aromatic carbocycles. The van der Waals surface area contributed by atoms with Crippen LogP contribution in [0.25, 0.3) is 0 Å². The number of nitrogens with two attached hydrogens (primary N) is 1. The highest BCUT2D eigenvalue weighted by Crippen LogP contribution is 2.23. The minimum atomic E-state index is 0.352. The van der Waals surface area contributed by atoms with Crippen LogP contribution in [0.1, 0.15) is 44.0 Å². The van der Waals surface area contributed by atoms with Crippen LogP contribution < -0.4 is 11.1 Å². The highest BCUT2D eigenvalue weighted by molar-refractivity contribution is 5.44. The van der Waals surface area contributed by atoms with Gasteiger partial charge in [-0.2, -0.15) is 0 Å². The van der Waals surface area contributed by atoms with Crippen LogP contribution >= 0.6 is 0 Å². The summed E-state index contributed by atoms with van der Waals surface area (Å²) in [6.07, 6.45) is 7.41. The number of rotatable bonds is 4. The largest absolute Gasteiger partial charge is 0.367 e. The Balaban J connectivity index is 2.10. The van der Waals surface area contributed by atoms with Gasteiger partial charge in [-0.05, 0) is 32.6 Å². The summed E-state index contributed by atoms with van der Waals surface area (Å²) in [4.78, 5) is 8.79. The van der Waals surface area contributed by atoms with Gasteiger partial charge in [-0.3, -0.25) is 0 Å². The number of hydrogen-bond acceptors (Lipinski definition) is 4. The number of nitrogens with one attached hydrogen (secondary N) is 1. The monoisotopic (exact) mass is 234 g/mol. The van der Waals surface area contributed by atoms with E-state index in [0.717, 1.165) is 43.7 Å². The lowest BCUT2D eigenvalue weighted by Gasteiger charge is -2.16. The van der Waals surface area contributed by atoms with Crippen molar-refractivity contribution in [2.24, 2.45) is 5.73 Å². The maximum atomic E-state index is 5.93. The first-order chi connectivity index (χ1) is 8.19. The van der Waals surface area contributed by atoms with Gasteiger partial charge in [0.25, 0.3) is 0 Å². The molecule has 3 N–H and O–H groups in total. The summed E-state index contributed by atoms with van der Waals surface area (Å²) >= 11 is 0. The molecular formula is C13H22N4. The Kier molecular flexibility index (Phi) is 3.94. The van der Waals surface area contributed by atoms with Crippen molar-refractivity contribution >= 4 is 5.82 Å². The number of aryl methyl sites for hydroxylation is 2. The Bertz CT molecular complexity index is 378. The van der Waals surface area contributed by atoms with Gasteiger partial charge in [0.2, 0.25) is 0 Å². The molecule has 1 aliphatic rings. The molecule has 0 saturated heterocycles. The highest BCUT2D eigenvalue weighted by atomic mass is 15.1. The van der Waals surface area contributed by atoms with E-state index in [2.05, 4.69) is 22.2 Å². The molecular weight excluding hydrogens is 212 g/mol. The molecule has 0 aliphatic heterocycles. The lowest BCUT2D eigenvalue weighted by molar-refractivity contribution is 0.685. The van der Waals surface area contributed by atoms with Gasteiger partial charge in [0.15, 0.2) is 0 Å². The smallest absolute Gasteiger partial charge is 0.133 e. The van der Waals surface area contributed by atoms with E-state index in [1.807, 2.05) is 13.1 Å². The van der Waals surface area contributed by atoms with Gasteiger partial charge in [-0.1, -0.05) is 13.3 Å². The van der Waals surface area contributed by atoms with Gasteiger partial charge in [0.05, 0.1) is 0 Å². The van der Waals surface area contributed by atoms with E-state index < -0.39 is 0 Å². The fourth-order valence-electron chi connectivity index (χ4n) is 2.41. The van der Waals surface area contributed by atoms with Crippen LogP contribution in [0.3, 0.4) is 0 Å². The molecule has 2 atom stereocenters. The van der Waals surface area contributed by atoms with Crippen molar-refractivity contribution in [3.63, 3.8) is 0 Å². The van der Waals surface area contributed by atoms with Crippen LogP contribution in [0.15, 0.2) is 6.20 Å². The van der Waals surface area contributed by atoms with Gasteiger partial charge in [0, 0.05) is 23.8 Å². The fourth-order valence-corrected chi connectivity index (χ4v) is 2.41. The molecule has 0 amide bonds. The molecule has 1 heterocycles. The highest BCUT2D eigenvalue weighted by Gasteiger charge is 2.22. The zero-order valence-corrected chi connectivity index (χ0v) is 10.7. The summed E-state index contributed by atoms with van der Waals surface area (Å²) in [6.45, 7) is 4.11. The first-order valence-electron chi connectivity index (χ1n) is 6.53. The molecule has 1 aliphatic carbocycles. The molecule has 0 unspecified atom stereocenters. The molecule has 0 radical (unpaired) electrons. The van der Waals surface area contributed by atoms with E-state index in [-0.39, 0.29) is 0 Å². The van der Waals surface area contributed by atoms with Crippen LogP contribution in [0.5, 0.6) is 0 Å². The summed E-state index contributed by atoms with van der Waals surface area (Å²) in [5.41, 5.74) is 7.15. The molecule has 1 saturated carbocycles. The van der Waals surface area contributed by atoms with Crippen LogP contribution in [0.2, 0.25) is 0 Å². The third kappa shape index (κ3) is 3.16. The van der Waals surface area contributed by atoms with E-state index in [0.29, 0.717) is 12.1 Å². The van der Waals surface area contributed by atoms with Crippen molar-refractivity contribution in [3.8, 4) is 0 Å². The summed E-state index contributed by atoms with van der Waals surface area (Å²) in [7, 11) is 0. The van der Waals surface area contributed by atoms with Gasteiger partial charge in [-0.15, -0.1) is 0 Å². The normalized spacial score (nSPS) is 23.9. The Morgan fingerprint density at radius 2 is 2.29 bits per heavy atom. The molecule has 1 fully saturated rings. The number of nitrogens with zero attached hydrogens (tertiary/aromatic N) is 2. The molecule has 17 heavy (non-hydrogen) atoms. The number of anilines is 1. The second-order valence-corrected chi connectivity index (χ2v) is 4.96. The first kappa shape index (κ1) is 12.3. The van der Waals surface area contributed by atoms with E-state index in [1.54, 1.807) is 0 Å². The molecule has 4 nitrogen and oxygen atoms in total. The van der Waals surface area contributed by atoms with Gasteiger partial charge in [-0.25, -0.2) is 9.97 Å². The van der Waals surface area contributed by atoms with Crippen LogP contribution in [0, 0.1) is 6.92 Å². The van der Waals surface area contributed by atoms with Crippen LogP contribution in [-0.4, -0.2) is 22.1 Å². The van der Waals surface area contributed by atoms with Crippen molar-refractivity contribution in [3.05, 3.63) is 17.6 Å². The van der Waals surface area contributed by atoms with Crippen molar-refractivity contribution in [1.29, 1.82) is 0 Å². The predicted molar refractivity (Wildman–Crippen MR) is 70.0 cm³/mol. The Morgan fingerprint density at radius 3 is 2.94 bits per heavy atom. The molecule has 4 heteroatoms. The van der Waals surface area contributed by atoms with Gasteiger partial charge in [0.1, 0.15) is 11.6 Å². The second kappa shape index (κ2) is 5.45. The maximum absolute atomic E-state index is 5.93. The standard InChI is InChI=1S/C13H22N4/c1-3-4-10-8-15-9(2)16-13(10)17-12-6-5-11(14)7-12/h8,11-12H,3-7,14H2,1-2H3,(H,15,16,17)/t11-,12-/m1/s1. The molecule has 2 rings (SSSR count). The minimum absolute atomic E-state index is 0.352. The van der Waals surface area contributed by atoms with Crippen molar-refractivity contribution in [1.82, 2.24) is 9.97 Å². The fraction of sp³-hybridized carbons (Fsp3) is 0.692. The lowest BCUT2D eigenvalue weighted by atomic mass is 10.1. The number of hydrogen-bond donors (Lipinski definition) is 2. The zero-order valence-electron chi connectivity index (χ0n) is 10.7. The van der Waals surface area contributed by atoms with Crippen molar-refractivity contribution in [2.45, 2.75) is 58.0 Å². The number of aromatic nitrogens is 2. The molecule has 0 spiro atoms. The van der Waals surface area contributed by atoms with Crippen LogP contribution in [-0.2, 0) is 6.42 Å². The van der Waals surface area contributed by atoms with Crippen LogP contribution in [0.4, 0.5) is 5.82 Å². The van der Waals surface area contributed by atoms with Crippen molar-refractivity contribution < 1.29 is 0 Å². The molecule has 94 valence electrons. The maximum Gasteiger partial charge on any atom is 0.133 e. The summed E-state index contributed by atoms with van der Waals surface area (Å²) in [5, 5.41) is 3.53. The Hall–Kier alpha value is -1.16. The Labute approximate surface area is 103 Å². The second-order valence-electron chi connectivity index (χ2n) is 4.96. The summed E-state index contributed by atoms with van der Waals surface area (Å²) in [6, 6.07) is 0.833. The Morgan fingerprint density at radius 1 is 1.47 bits per heavy atom. The van der Waals surface area contributed by atoms with Crippen molar-refractivity contribution in [2.75, 3.05) is 5.32 Å². The van der Waals surface area contributed by atoms with Gasteiger partial charge >= 0.3 is 0 Å². The van der Waals surface area contributed by atoms with E-state index in [1.165, 1.54) is 5.56 Å². The molecule has 1 aromatic rings. The topological polar surface area (TPSA) is 63.8 Å². The third-order valence-corrected chi connectivity index (χ3v) is 3.32. The molecule has 0 bridgehead atoms. The quantitative estimate of drug-likeness (QED) is 0.836. The van der Waals surface area contributed by atoms with E-state index in [4.69, 9.17) is 5.73 Å². The van der Waals surface area contributed by atoms with Gasteiger partial charge < -0.3 is 11.1 Å². The third-order valence-electron chi connectivity index (χ3n) is 3.32. The first-order valence-corrected chi connectivity index (χ1v) is 6.53. The van der Waals surface area contributed by atoms with E-state index >= 15 is 0 Å². The SMILES string of the molecule is CCCc1cnc(C)nc1N[C@@H]1CC[C@@H](N)C1. The van der Waals surface area contributed by atoms with E-state index in [9.17, 15) is 0 Å². The zero-order chi connectivity index (χ0) is 12.3. The summed E-state index contributed by atoms with van der Waals surface area (Å²) < 4.78 is 0. The average Bonchev–Trinajstić information content (AvgIpc) is 2.68. The molecule has 1 aromatic heterocycles. The minimum Gasteiger partial charge on any atom is -0.367 e. The average molecular weight is 234 g/mol.